The Morgan fingerprint density at radius 1 is 1.44 bits per heavy atom. The minimum Gasteiger partial charge on any atom is -0.479 e. The normalized spacial score (nSPS) is 14.0. The van der Waals surface area contributed by atoms with Crippen molar-refractivity contribution in [3.63, 3.8) is 0 Å². The molecule has 0 fully saturated rings. The number of aliphatic hydroxyl groups is 1. The average Bonchev–Trinajstić information content (AvgIpc) is 2.35. The van der Waals surface area contributed by atoms with Gasteiger partial charge in [-0.05, 0) is 12.5 Å². The summed E-state index contributed by atoms with van der Waals surface area (Å²) < 4.78 is 0. The summed E-state index contributed by atoms with van der Waals surface area (Å²) in [5.74, 6) is -1.64. The Hall–Kier alpha value is -0.910. The van der Waals surface area contributed by atoms with E-state index in [-0.39, 0.29) is 22.8 Å². The first-order valence-corrected chi connectivity index (χ1v) is 6.62. The number of alkyl halides is 2. The number of carbonyl (C=O) groups is 2. The molecule has 0 aromatic heterocycles. The second-order valence-corrected chi connectivity index (χ2v) is 5.38. The number of rotatable bonds is 5. The summed E-state index contributed by atoms with van der Waals surface area (Å²) in [7, 11) is 0. The van der Waals surface area contributed by atoms with Crippen LogP contribution in [0, 0.1) is 0 Å². The van der Waals surface area contributed by atoms with Crippen LogP contribution in [0.5, 0.6) is 0 Å². The first kappa shape index (κ1) is 15.1. The van der Waals surface area contributed by atoms with E-state index < -0.39 is 16.9 Å². The third-order valence-electron chi connectivity index (χ3n) is 2.46. The first-order chi connectivity index (χ1) is 8.40. The summed E-state index contributed by atoms with van der Waals surface area (Å²) in [5.41, 5.74) is 0.745. The zero-order valence-corrected chi connectivity index (χ0v) is 11.9. The molecule has 2 atom stereocenters. The molecule has 4 nitrogen and oxygen atoms in total. The van der Waals surface area contributed by atoms with E-state index in [1.807, 2.05) is 0 Å². The van der Waals surface area contributed by atoms with E-state index in [1.165, 1.54) is 6.07 Å². The highest BCUT2D eigenvalue weighted by molar-refractivity contribution is 9.10. The van der Waals surface area contributed by atoms with E-state index >= 15 is 0 Å². The van der Waals surface area contributed by atoms with Crippen LogP contribution in [0.1, 0.15) is 34.5 Å². The van der Waals surface area contributed by atoms with Crippen LogP contribution in [0.25, 0.3) is 0 Å². The number of hydrogen-bond acceptors (Lipinski definition) is 3. The lowest BCUT2D eigenvalue weighted by Crippen LogP contribution is -2.20. The highest BCUT2D eigenvalue weighted by Crippen LogP contribution is 2.26. The number of aliphatic hydroxyl groups excluding tert-OH is 1. The third kappa shape index (κ3) is 3.10. The maximum Gasteiger partial charge on any atom is 0.337 e. The lowest BCUT2D eigenvalue weighted by atomic mass is 9.93. The molecule has 1 aromatic carbocycles. The molecule has 0 heterocycles. The molecule has 0 saturated heterocycles. The fourth-order valence-corrected chi connectivity index (χ4v) is 2.04. The number of carboxylic acid groups (broad SMARTS) is 1. The van der Waals surface area contributed by atoms with Gasteiger partial charge in [-0.3, -0.25) is 4.79 Å². The molecule has 0 radical (unpaired) electrons. The second kappa shape index (κ2) is 6.31. The van der Waals surface area contributed by atoms with E-state index in [1.54, 1.807) is 19.1 Å². The van der Waals surface area contributed by atoms with Crippen molar-refractivity contribution < 1.29 is 19.8 Å². The second-order valence-electron chi connectivity index (χ2n) is 3.74. The number of hydrogen-bond donors (Lipinski definition) is 2. The molecule has 2 N–H and O–H groups in total. The number of benzene rings is 1. The molecule has 0 aliphatic carbocycles. The molecular formula is C12H12BrClO4. The molecule has 6 heteroatoms. The van der Waals surface area contributed by atoms with Crippen LogP contribution in [0.3, 0.4) is 0 Å². The SMILES string of the molecule is CC(Br)C(=O)c1c(CCl)cccc1C(O)C(=O)O. The summed E-state index contributed by atoms with van der Waals surface area (Å²) in [6, 6.07) is 4.61. The molecular weight excluding hydrogens is 323 g/mol. The molecule has 0 aliphatic heterocycles. The molecule has 0 spiro atoms. The molecule has 0 saturated carbocycles. The number of Topliss-reactive ketones (excluding diaryl/α,β-unsaturated/α-hetero) is 1. The fourth-order valence-electron chi connectivity index (χ4n) is 1.59. The van der Waals surface area contributed by atoms with Crippen molar-refractivity contribution in [1.29, 1.82) is 0 Å². The largest absolute Gasteiger partial charge is 0.479 e. The predicted octanol–water partition coefficient (Wildman–Crippen LogP) is 2.51. The topological polar surface area (TPSA) is 74.6 Å². The monoisotopic (exact) mass is 334 g/mol. The van der Waals surface area contributed by atoms with Crippen molar-refractivity contribution in [1.82, 2.24) is 0 Å². The summed E-state index contributed by atoms with van der Waals surface area (Å²) in [6.45, 7) is 1.63. The molecule has 18 heavy (non-hydrogen) atoms. The van der Waals surface area contributed by atoms with Gasteiger partial charge in [0.25, 0.3) is 0 Å². The number of ketones is 1. The number of halogens is 2. The fraction of sp³-hybridized carbons (Fsp3) is 0.333. The van der Waals surface area contributed by atoms with Gasteiger partial charge in [-0.15, -0.1) is 11.6 Å². The van der Waals surface area contributed by atoms with Gasteiger partial charge in [0.2, 0.25) is 0 Å². The summed E-state index contributed by atoms with van der Waals surface area (Å²) in [4.78, 5) is 22.4. The van der Waals surface area contributed by atoms with Gasteiger partial charge < -0.3 is 10.2 Å². The summed E-state index contributed by atoms with van der Waals surface area (Å²) in [5, 5.41) is 18.5. The van der Waals surface area contributed by atoms with Gasteiger partial charge in [-0.2, -0.15) is 0 Å². The highest BCUT2D eigenvalue weighted by Gasteiger charge is 2.26. The van der Waals surface area contributed by atoms with Gasteiger partial charge in [-0.1, -0.05) is 34.1 Å². The van der Waals surface area contributed by atoms with Crippen LogP contribution in [-0.4, -0.2) is 26.8 Å². The van der Waals surface area contributed by atoms with Gasteiger partial charge in [0.1, 0.15) is 0 Å². The maximum absolute atomic E-state index is 12.1. The van der Waals surface area contributed by atoms with Crippen molar-refractivity contribution in [2.75, 3.05) is 0 Å². The number of aliphatic carboxylic acids is 1. The van der Waals surface area contributed by atoms with E-state index in [4.69, 9.17) is 16.7 Å². The van der Waals surface area contributed by atoms with Crippen LogP contribution in [0.4, 0.5) is 0 Å². The van der Waals surface area contributed by atoms with Crippen molar-refractivity contribution in [3.05, 3.63) is 34.9 Å². The quantitative estimate of drug-likeness (QED) is 0.640. The molecule has 0 bridgehead atoms. The summed E-state index contributed by atoms with van der Waals surface area (Å²) >= 11 is 8.88. The number of carbonyl (C=O) groups excluding carboxylic acids is 1. The minimum absolute atomic E-state index is 0.0666. The lowest BCUT2D eigenvalue weighted by molar-refractivity contribution is -0.146. The van der Waals surface area contributed by atoms with Gasteiger partial charge >= 0.3 is 5.97 Å². The Kier molecular flexibility index (Phi) is 5.31. The standard InChI is InChI=1S/C12H12BrClO4/c1-6(13)10(15)9-7(5-14)3-2-4-8(9)11(16)12(17)18/h2-4,6,11,16H,5H2,1H3,(H,17,18). The maximum atomic E-state index is 12.1. The Balaban J connectivity index is 3.42. The smallest absolute Gasteiger partial charge is 0.337 e. The van der Waals surface area contributed by atoms with E-state index in [9.17, 15) is 14.7 Å². The minimum atomic E-state index is -1.74. The van der Waals surface area contributed by atoms with E-state index in [0.29, 0.717) is 5.56 Å². The molecule has 0 amide bonds. The van der Waals surface area contributed by atoms with Crippen LogP contribution < -0.4 is 0 Å². The van der Waals surface area contributed by atoms with Crippen LogP contribution in [0.2, 0.25) is 0 Å². The lowest BCUT2D eigenvalue weighted by Gasteiger charge is -2.15. The third-order valence-corrected chi connectivity index (χ3v) is 3.17. The Bertz CT molecular complexity index is 473. The molecule has 98 valence electrons. The molecule has 2 unspecified atom stereocenters. The summed E-state index contributed by atoms with van der Waals surface area (Å²) in [6.07, 6.45) is -1.74. The van der Waals surface area contributed by atoms with Crippen molar-refractivity contribution in [2.24, 2.45) is 0 Å². The van der Waals surface area contributed by atoms with Crippen molar-refractivity contribution in [2.45, 2.75) is 23.7 Å². The van der Waals surface area contributed by atoms with Gasteiger partial charge in [0, 0.05) is 17.0 Å². The van der Waals surface area contributed by atoms with Crippen LogP contribution in [0.15, 0.2) is 18.2 Å². The van der Waals surface area contributed by atoms with E-state index in [0.717, 1.165) is 0 Å². The Morgan fingerprint density at radius 2 is 2.06 bits per heavy atom. The zero-order valence-electron chi connectivity index (χ0n) is 9.56. The van der Waals surface area contributed by atoms with Gasteiger partial charge in [-0.25, -0.2) is 4.79 Å². The zero-order chi connectivity index (χ0) is 13.9. The highest BCUT2D eigenvalue weighted by atomic mass is 79.9. The van der Waals surface area contributed by atoms with Gasteiger partial charge in [0.15, 0.2) is 11.9 Å². The first-order valence-electron chi connectivity index (χ1n) is 5.17. The Morgan fingerprint density at radius 3 is 2.50 bits per heavy atom. The molecule has 0 aliphatic rings. The van der Waals surface area contributed by atoms with Crippen molar-refractivity contribution in [3.8, 4) is 0 Å². The van der Waals surface area contributed by atoms with E-state index in [2.05, 4.69) is 15.9 Å². The Labute approximate surface area is 118 Å². The van der Waals surface area contributed by atoms with Crippen LogP contribution in [-0.2, 0) is 10.7 Å². The van der Waals surface area contributed by atoms with Crippen molar-refractivity contribution >= 4 is 39.3 Å². The molecule has 1 rings (SSSR count). The van der Waals surface area contributed by atoms with Crippen LogP contribution >= 0.6 is 27.5 Å². The predicted molar refractivity (Wildman–Crippen MR) is 71.3 cm³/mol. The average molecular weight is 336 g/mol. The molecule has 1 aromatic rings. The number of carboxylic acids is 1. The van der Waals surface area contributed by atoms with Gasteiger partial charge in [0.05, 0.1) is 4.83 Å².